The largest absolute Gasteiger partial charge is 0.465 e. The minimum Gasteiger partial charge on any atom is -0.465 e. The van der Waals surface area contributed by atoms with Gasteiger partial charge in [-0.3, -0.25) is 4.79 Å². The SMILES string of the molecule is CCOC(=O)Cn1c2c(c3cc(F)cc(S(C)(=O)=O)c31)CC(NC(=O)OCc1ccccc1)CC2. The summed E-state index contributed by atoms with van der Waals surface area (Å²) in [5.41, 5.74) is 2.58. The number of amides is 1. The number of halogens is 1. The molecule has 3 aromatic rings. The summed E-state index contributed by atoms with van der Waals surface area (Å²) >= 11 is 0. The van der Waals surface area contributed by atoms with E-state index >= 15 is 0 Å². The molecule has 0 bridgehead atoms. The third-order valence-electron chi connectivity index (χ3n) is 6.02. The molecule has 1 heterocycles. The van der Waals surface area contributed by atoms with Gasteiger partial charge in [-0.25, -0.2) is 17.6 Å². The van der Waals surface area contributed by atoms with Crippen molar-refractivity contribution in [3.8, 4) is 0 Å². The highest BCUT2D eigenvalue weighted by Gasteiger charge is 2.30. The fourth-order valence-electron chi connectivity index (χ4n) is 4.56. The first-order chi connectivity index (χ1) is 16.7. The van der Waals surface area contributed by atoms with Gasteiger partial charge in [-0.05, 0) is 49.4 Å². The van der Waals surface area contributed by atoms with Crippen molar-refractivity contribution in [2.24, 2.45) is 0 Å². The Bertz CT molecular complexity index is 1370. The average Bonchev–Trinajstić information content (AvgIpc) is 3.10. The van der Waals surface area contributed by atoms with E-state index in [0.717, 1.165) is 23.6 Å². The summed E-state index contributed by atoms with van der Waals surface area (Å²) in [6.07, 6.45) is 1.78. The molecule has 1 atom stereocenters. The van der Waals surface area contributed by atoms with E-state index in [4.69, 9.17) is 9.47 Å². The molecule has 1 N–H and O–H groups in total. The maximum atomic E-state index is 14.5. The third-order valence-corrected chi connectivity index (χ3v) is 7.13. The van der Waals surface area contributed by atoms with Crippen molar-refractivity contribution in [3.05, 3.63) is 65.1 Å². The zero-order valence-electron chi connectivity index (χ0n) is 19.5. The van der Waals surface area contributed by atoms with Crippen LogP contribution in [0.5, 0.6) is 0 Å². The highest BCUT2D eigenvalue weighted by Crippen LogP contribution is 2.36. The number of sulfone groups is 1. The zero-order chi connectivity index (χ0) is 25.2. The highest BCUT2D eigenvalue weighted by atomic mass is 32.2. The Morgan fingerprint density at radius 3 is 2.60 bits per heavy atom. The number of rotatable bonds is 7. The Kier molecular flexibility index (Phi) is 7.11. The van der Waals surface area contributed by atoms with Crippen LogP contribution in [0.1, 0.15) is 30.2 Å². The molecule has 1 aliphatic rings. The van der Waals surface area contributed by atoms with E-state index in [-0.39, 0.29) is 36.2 Å². The fourth-order valence-corrected chi connectivity index (χ4v) is 5.45. The highest BCUT2D eigenvalue weighted by molar-refractivity contribution is 7.91. The van der Waals surface area contributed by atoms with Crippen molar-refractivity contribution in [2.75, 3.05) is 12.9 Å². The minimum absolute atomic E-state index is 0.131. The second-order valence-corrected chi connectivity index (χ2v) is 10.5. The summed E-state index contributed by atoms with van der Waals surface area (Å²) in [5.74, 6) is -1.20. The minimum atomic E-state index is -3.79. The topological polar surface area (TPSA) is 104 Å². The van der Waals surface area contributed by atoms with Crippen molar-refractivity contribution in [2.45, 2.75) is 50.3 Å². The van der Waals surface area contributed by atoms with E-state index < -0.39 is 27.7 Å². The molecule has 186 valence electrons. The maximum Gasteiger partial charge on any atom is 0.407 e. The molecule has 8 nitrogen and oxygen atoms in total. The van der Waals surface area contributed by atoms with Gasteiger partial charge in [0, 0.05) is 23.4 Å². The van der Waals surface area contributed by atoms with E-state index in [9.17, 15) is 22.4 Å². The summed E-state index contributed by atoms with van der Waals surface area (Å²) in [6.45, 7) is 1.81. The van der Waals surface area contributed by atoms with Crippen molar-refractivity contribution in [3.63, 3.8) is 0 Å². The monoisotopic (exact) mass is 502 g/mol. The number of nitrogens with zero attached hydrogens (tertiary/aromatic N) is 1. The van der Waals surface area contributed by atoms with Crippen molar-refractivity contribution in [1.29, 1.82) is 0 Å². The molecule has 0 radical (unpaired) electrons. The van der Waals surface area contributed by atoms with Gasteiger partial charge in [0.1, 0.15) is 19.0 Å². The van der Waals surface area contributed by atoms with Crippen LogP contribution in [0.15, 0.2) is 47.4 Å². The smallest absolute Gasteiger partial charge is 0.407 e. The van der Waals surface area contributed by atoms with Gasteiger partial charge in [-0.15, -0.1) is 0 Å². The predicted octanol–water partition coefficient (Wildman–Crippen LogP) is 3.53. The van der Waals surface area contributed by atoms with E-state index in [0.29, 0.717) is 30.2 Å². The first-order valence-corrected chi connectivity index (χ1v) is 13.2. The van der Waals surface area contributed by atoms with Gasteiger partial charge in [0.2, 0.25) is 0 Å². The summed E-state index contributed by atoms with van der Waals surface area (Å²) in [7, 11) is -3.79. The molecule has 2 aromatic carbocycles. The number of carbonyl (C=O) groups excluding carboxylic acids is 2. The molecule has 1 amide bonds. The summed E-state index contributed by atoms with van der Waals surface area (Å²) in [6, 6.07) is 11.3. The number of fused-ring (bicyclic) bond motifs is 3. The van der Waals surface area contributed by atoms with Crippen LogP contribution in [0.3, 0.4) is 0 Å². The van der Waals surface area contributed by atoms with E-state index in [1.54, 1.807) is 11.5 Å². The Labute approximate surface area is 202 Å². The third kappa shape index (κ3) is 5.48. The van der Waals surface area contributed by atoms with Crippen LogP contribution < -0.4 is 5.32 Å². The normalized spacial score (nSPS) is 15.5. The molecule has 0 saturated heterocycles. The standard InChI is InChI=1S/C25H27FN2O6S/c1-3-33-23(29)14-28-21-10-9-18(27-25(30)34-15-16-7-5-4-6-8-16)13-19(21)20-11-17(26)12-22(24(20)28)35(2,31)32/h4-8,11-12,18H,3,9-10,13-15H2,1-2H3,(H,27,30). The van der Waals surface area contributed by atoms with Crippen LogP contribution in [0.2, 0.25) is 0 Å². The van der Waals surface area contributed by atoms with Gasteiger partial charge in [-0.2, -0.15) is 0 Å². The van der Waals surface area contributed by atoms with E-state index in [2.05, 4.69) is 5.32 Å². The van der Waals surface area contributed by atoms with Crippen LogP contribution in [0.25, 0.3) is 10.9 Å². The van der Waals surface area contributed by atoms with Gasteiger partial charge in [-0.1, -0.05) is 30.3 Å². The fraction of sp³-hybridized carbons (Fsp3) is 0.360. The second kappa shape index (κ2) is 10.1. The molecule has 1 aromatic heterocycles. The molecule has 1 aliphatic carbocycles. The maximum absolute atomic E-state index is 14.5. The van der Waals surface area contributed by atoms with Crippen LogP contribution in [-0.2, 0) is 50.1 Å². The quantitative estimate of drug-likeness (QED) is 0.496. The molecule has 35 heavy (non-hydrogen) atoms. The van der Waals surface area contributed by atoms with Crippen molar-refractivity contribution in [1.82, 2.24) is 9.88 Å². The first kappa shape index (κ1) is 24.7. The molecule has 1 unspecified atom stereocenters. The number of carbonyl (C=O) groups is 2. The Hall–Kier alpha value is -3.40. The Balaban J connectivity index is 1.64. The zero-order valence-corrected chi connectivity index (χ0v) is 20.4. The summed E-state index contributed by atoms with van der Waals surface area (Å²) in [5, 5.41) is 3.26. The van der Waals surface area contributed by atoms with E-state index in [1.165, 1.54) is 6.07 Å². The number of benzene rings is 2. The van der Waals surface area contributed by atoms with Gasteiger partial charge in [0.25, 0.3) is 0 Å². The Morgan fingerprint density at radius 2 is 1.91 bits per heavy atom. The molecular weight excluding hydrogens is 475 g/mol. The molecular formula is C25H27FN2O6S. The number of esters is 1. The molecule has 10 heteroatoms. The van der Waals surface area contributed by atoms with E-state index in [1.807, 2.05) is 30.3 Å². The van der Waals surface area contributed by atoms with Gasteiger partial charge < -0.3 is 19.4 Å². The summed E-state index contributed by atoms with van der Waals surface area (Å²) in [4.78, 5) is 24.5. The molecule has 0 spiro atoms. The van der Waals surface area contributed by atoms with Crippen molar-refractivity contribution < 1.29 is 31.9 Å². The number of aromatic nitrogens is 1. The second-order valence-electron chi connectivity index (χ2n) is 8.53. The van der Waals surface area contributed by atoms with Crippen LogP contribution >= 0.6 is 0 Å². The lowest BCUT2D eigenvalue weighted by Gasteiger charge is -2.24. The lowest BCUT2D eigenvalue weighted by Crippen LogP contribution is -2.39. The van der Waals surface area contributed by atoms with Crippen LogP contribution in [0, 0.1) is 5.82 Å². The number of alkyl carbamates (subject to hydrolysis) is 1. The Morgan fingerprint density at radius 1 is 1.17 bits per heavy atom. The lowest BCUT2D eigenvalue weighted by molar-refractivity contribution is -0.143. The molecule has 0 fully saturated rings. The van der Waals surface area contributed by atoms with Gasteiger partial charge in [0.15, 0.2) is 9.84 Å². The van der Waals surface area contributed by atoms with Crippen LogP contribution in [-0.4, -0.2) is 44.0 Å². The average molecular weight is 503 g/mol. The molecule has 0 aliphatic heterocycles. The first-order valence-electron chi connectivity index (χ1n) is 11.3. The lowest BCUT2D eigenvalue weighted by atomic mass is 9.91. The number of nitrogens with one attached hydrogen (secondary N) is 1. The number of hydrogen-bond acceptors (Lipinski definition) is 6. The number of ether oxygens (including phenoxy) is 2. The molecule has 4 rings (SSSR count). The summed E-state index contributed by atoms with van der Waals surface area (Å²) < 4.78 is 51.5. The van der Waals surface area contributed by atoms with Gasteiger partial charge >= 0.3 is 12.1 Å². The number of hydrogen-bond donors (Lipinski definition) is 1. The molecule has 0 saturated carbocycles. The van der Waals surface area contributed by atoms with Crippen LogP contribution in [0.4, 0.5) is 9.18 Å². The predicted molar refractivity (Wildman–Crippen MR) is 127 cm³/mol. The van der Waals surface area contributed by atoms with Crippen molar-refractivity contribution >= 4 is 32.8 Å². The van der Waals surface area contributed by atoms with Gasteiger partial charge in [0.05, 0.1) is 17.0 Å².